The second-order valence-electron chi connectivity index (χ2n) is 9.28. The molecule has 2 aromatic carbocycles. The lowest BCUT2D eigenvalue weighted by molar-refractivity contribution is -0.163. The minimum Gasteiger partial charge on any atom is -0.490 e. The normalized spacial score (nSPS) is 16.2. The van der Waals surface area contributed by atoms with Crippen molar-refractivity contribution < 1.29 is 61.1 Å². The first-order chi connectivity index (χ1) is 21.2. The molecule has 0 amide bonds. The second kappa shape index (κ2) is 17.1. The summed E-state index contributed by atoms with van der Waals surface area (Å²) in [7, 11) is 0. The smallest absolute Gasteiger partial charge is 0.346 e. The van der Waals surface area contributed by atoms with E-state index in [1.807, 2.05) is 0 Å². The number of carbonyl (C=O) groups excluding carboxylic acids is 4. The fourth-order valence-electron chi connectivity index (χ4n) is 4.03. The molecule has 3 rings (SSSR count). The molecule has 44 heavy (non-hydrogen) atoms. The highest BCUT2D eigenvalue weighted by Crippen LogP contribution is 2.34. The Hall–Kier alpha value is -4.36. The van der Waals surface area contributed by atoms with Gasteiger partial charge in [0, 0.05) is 11.6 Å². The van der Waals surface area contributed by atoms with Gasteiger partial charge in [-0.2, -0.15) is 4.39 Å². The highest BCUT2D eigenvalue weighted by molar-refractivity contribution is 5.91. The molecule has 11 nitrogen and oxygen atoms in total. The first-order valence-corrected chi connectivity index (χ1v) is 14.1. The summed E-state index contributed by atoms with van der Waals surface area (Å²) in [6.45, 7) is 7.04. The van der Waals surface area contributed by atoms with E-state index in [-0.39, 0.29) is 37.9 Å². The van der Waals surface area contributed by atoms with Gasteiger partial charge in [0.15, 0.2) is 30.1 Å². The molecule has 0 N–H and O–H groups in total. The molecule has 0 bridgehead atoms. The fourth-order valence-corrected chi connectivity index (χ4v) is 4.03. The molecule has 0 radical (unpaired) electrons. The molecule has 1 aliphatic heterocycles. The van der Waals surface area contributed by atoms with Gasteiger partial charge in [-0.3, -0.25) is 0 Å². The standard InChI is InChI=1S/C31H34F2O11/c1-4-23(34)41-18-10-8-7-9-17-40-22-16-15-21(24(32)25(22)33)28(35)42-20-13-11-19(12-14-20)31-43-26(29(36)38-5-2)27(44-31)30(37)39-6-3/h4,11-16,26-27,31H,1,5-10,17-18H2,2-3H3/t26-,27-/m1/s1. The Morgan fingerprint density at radius 1 is 0.795 bits per heavy atom. The van der Waals surface area contributed by atoms with Gasteiger partial charge in [-0.15, -0.1) is 0 Å². The summed E-state index contributed by atoms with van der Waals surface area (Å²) in [6.07, 6.45) is -0.0675. The Bertz CT molecular complexity index is 1290. The molecule has 1 saturated heterocycles. The molecule has 13 heteroatoms. The lowest BCUT2D eigenvalue weighted by Crippen LogP contribution is -2.39. The van der Waals surface area contributed by atoms with Crippen molar-refractivity contribution >= 4 is 23.9 Å². The van der Waals surface area contributed by atoms with E-state index < -0.39 is 59.6 Å². The average Bonchev–Trinajstić information content (AvgIpc) is 3.47. The number of rotatable bonds is 16. The zero-order valence-corrected chi connectivity index (χ0v) is 24.4. The van der Waals surface area contributed by atoms with E-state index in [4.69, 9.17) is 33.2 Å². The van der Waals surface area contributed by atoms with Crippen LogP contribution in [0.25, 0.3) is 0 Å². The fraction of sp³-hybridized carbons (Fsp3) is 0.419. The number of unbranched alkanes of at least 4 members (excludes halogenated alkanes) is 3. The molecule has 0 saturated carbocycles. The predicted octanol–water partition coefficient (Wildman–Crippen LogP) is 4.76. The second-order valence-corrected chi connectivity index (χ2v) is 9.28. The minimum atomic E-state index is -1.42. The number of halogens is 2. The van der Waals surface area contributed by atoms with E-state index in [1.54, 1.807) is 13.8 Å². The summed E-state index contributed by atoms with van der Waals surface area (Å²) < 4.78 is 65.8. The molecule has 0 spiro atoms. The van der Waals surface area contributed by atoms with Crippen LogP contribution in [0.2, 0.25) is 0 Å². The molecule has 0 unspecified atom stereocenters. The van der Waals surface area contributed by atoms with Crippen LogP contribution >= 0.6 is 0 Å². The SMILES string of the molecule is C=CC(=O)OCCCCCCOc1ccc(C(=O)Oc2ccc(C3O[C@@H](C(=O)OCC)[C@H](C(=O)OCC)O3)cc2)c(F)c1F. The van der Waals surface area contributed by atoms with Crippen LogP contribution in [0.1, 0.15) is 61.7 Å². The number of esters is 4. The van der Waals surface area contributed by atoms with Crippen LogP contribution in [0.4, 0.5) is 8.78 Å². The molecule has 1 fully saturated rings. The van der Waals surface area contributed by atoms with Crippen LogP contribution in [0.5, 0.6) is 11.5 Å². The van der Waals surface area contributed by atoms with Crippen molar-refractivity contribution in [2.75, 3.05) is 26.4 Å². The van der Waals surface area contributed by atoms with Gasteiger partial charge in [0.2, 0.25) is 5.82 Å². The van der Waals surface area contributed by atoms with Crippen molar-refractivity contribution in [3.8, 4) is 11.5 Å². The lowest BCUT2D eigenvalue weighted by Gasteiger charge is -2.13. The summed E-state index contributed by atoms with van der Waals surface area (Å²) in [5.41, 5.74) is -0.259. The molecule has 2 atom stereocenters. The summed E-state index contributed by atoms with van der Waals surface area (Å²) in [4.78, 5) is 48.1. The third-order valence-corrected chi connectivity index (χ3v) is 6.19. The summed E-state index contributed by atoms with van der Waals surface area (Å²) >= 11 is 0. The number of ether oxygens (including phenoxy) is 7. The highest BCUT2D eigenvalue weighted by Gasteiger charge is 2.47. The van der Waals surface area contributed by atoms with Crippen molar-refractivity contribution in [2.45, 2.75) is 58.0 Å². The van der Waals surface area contributed by atoms with Crippen LogP contribution in [-0.2, 0) is 38.1 Å². The van der Waals surface area contributed by atoms with Crippen molar-refractivity contribution in [3.05, 3.63) is 71.8 Å². The minimum absolute atomic E-state index is 0.0000235. The molecule has 1 aliphatic rings. The quantitative estimate of drug-likeness (QED) is 0.0846. The van der Waals surface area contributed by atoms with Crippen molar-refractivity contribution in [1.82, 2.24) is 0 Å². The lowest BCUT2D eigenvalue weighted by atomic mass is 10.2. The monoisotopic (exact) mass is 620 g/mol. The van der Waals surface area contributed by atoms with Gasteiger partial charge in [-0.1, -0.05) is 18.7 Å². The third-order valence-electron chi connectivity index (χ3n) is 6.19. The molecule has 1 heterocycles. The topological polar surface area (TPSA) is 133 Å². The van der Waals surface area contributed by atoms with Gasteiger partial charge in [-0.25, -0.2) is 23.6 Å². The van der Waals surface area contributed by atoms with E-state index in [1.165, 1.54) is 24.3 Å². The zero-order valence-electron chi connectivity index (χ0n) is 24.4. The Morgan fingerprint density at radius 3 is 1.95 bits per heavy atom. The van der Waals surface area contributed by atoms with Crippen LogP contribution in [0.15, 0.2) is 49.1 Å². The van der Waals surface area contributed by atoms with Crippen LogP contribution < -0.4 is 9.47 Å². The first kappa shape index (κ1) is 34.1. The average molecular weight is 621 g/mol. The number of carbonyl (C=O) groups is 4. The number of hydrogen-bond acceptors (Lipinski definition) is 11. The van der Waals surface area contributed by atoms with E-state index in [9.17, 15) is 28.0 Å². The van der Waals surface area contributed by atoms with Crippen LogP contribution in [0, 0.1) is 11.6 Å². The number of benzene rings is 2. The molecule has 238 valence electrons. The van der Waals surface area contributed by atoms with Gasteiger partial charge in [0.05, 0.1) is 32.0 Å². The number of hydrogen-bond donors (Lipinski definition) is 0. The Morgan fingerprint density at radius 2 is 1.39 bits per heavy atom. The van der Waals surface area contributed by atoms with E-state index in [0.29, 0.717) is 18.4 Å². The van der Waals surface area contributed by atoms with Gasteiger partial charge < -0.3 is 33.2 Å². The Balaban J connectivity index is 1.54. The van der Waals surface area contributed by atoms with Gasteiger partial charge in [-0.05, 0) is 63.8 Å². The summed E-state index contributed by atoms with van der Waals surface area (Å²) in [6, 6.07) is 7.80. The zero-order chi connectivity index (χ0) is 32.1. The maximum atomic E-state index is 14.7. The van der Waals surface area contributed by atoms with Gasteiger partial charge >= 0.3 is 23.9 Å². The van der Waals surface area contributed by atoms with E-state index >= 15 is 0 Å². The largest absolute Gasteiger partial charge is 0.490 e. The third kappa shape index (κ3) is 9.32. The van der Waals surface area contributed by atoms with E-state index in [2.05, 4.69) is 6.58 Å². The predicted molar refractivity (Wildman–Crippen MR) is 149 cm³/mol. The molecular weight excluding hydrogens is 586 g/mol. The van der Waals surface area contributed by atoms with Crippen molar-refractivity contribution in [2.24, 2.45) is 0 Å². The maximum Gasteiger partial charge on any atom is 0.346 e. The van der Waals surface area contributed by atoms with Crippen LogP contribution in [0.3, 0.4) is 0 Å². The van der Waals surface area contributed by atoms with Crippen molar-refractivity contribution in [1.29, 1.82) is 0 Å². The molecular formula is C31H34F2O11. The molecule has 2 aromatic rings. The maximum absolute atomic E-state index is 14.7. The van der Waals surface area contributed by atoms with Crippen LogP contribution in [-0.4, -0.2) is 62.5 Å². The van der Waals surface area contributed by atoms with E-state index in [0.717, 1.165) is 31.1 Å². The Kier molecular flexibility index (Phi) is 13.2. The summed E-state index contributed by atoms with van der Waals surface area (Å²) in [5, 5.41) is 0. The highest BCUT2D eigenvalue weighted by atomic mass is 19.2. The first-order valence-electron chi connectivity index (χ1n) is 14.1. The Labute approximate surface area is 252 Å². The molecule has 0 aliphatic carbocycles. The summed E-state index contributed by atoms with van der Waals surface area (Å²) in [5.74, 6) is -6.29. The van der Waals surface area contributed by atoms with Gasteiger partial charge in [0.1, 0.15) is 5.75 Å². The molecule has 0 aromatic heterocycles. The van der Waals surface area contributed by atoms with Crippen molar-refractivity contribution in [3.63, 3.8) is 0 Å². The van der Waals surface area contributed by atoms with Gasteiger partial charge in [0.25, 0.3) is 0 Å².